The third-order valence-corrected chi connectivity index (χ3v) is 70.7. The monoisotopic (exact) mass is 1180 g/mol. The van der Waals surface area contributed by atoms with Crippen LogP contribution in [0.15, 0.2) is 0 Å². The van der Waals surface area contributed by atoms with Gasteiger partial charge in [-0.05, 0) is 536 Å². The second-order valence-electron chi connectivity index (χ2n) is 56.3. The van der Waals surface area contributed by atoms with Gasteiger partial charge in [0, 0.05) is 0 Å². The third kappa shape index (κ3) is 1.21. The fourth-order valence-electron chi connectivity index (χ4n) is 83.7. The number of hydrogen-bond donors (Lipinski definition) is 0. The van der Waals surface area contributed by atoms with E-state index in [2.05, 4.69) is 6.42 Å². The van der Waals surface area contributed by atoms with Crippen LogP contribution in [-0.4, -0.2) is 0 Å². The summed E-state index contributed by atoms with van der Waals surface area (Å²) in [6.45, 7) is 0. The largest absolute Gasteiger partial charge is 0.0467 e. The zero-order chi connectivity index (χ0) is 52.3. The maximum Gasteiger partial charge on any atom is -0.00591 e. The number of fused-ring (bicyclic) bond motifs is 34. The summed E-state index contributed by atoms with van der Waals surface area (Å²) in [6, 6.07) is 0. The van der Waals surface area contributed by atoms with Crippen LogP contribution < -0.4 is 0 Å². The lowest BCUT2D eigenvalue weighted by atomic mass is 8.64. The molecule has 0 heterocycles. The zero-order valence-electron chi connectivity index (χ0n) is 52.3. The smallest absolute Gasteiger partial charge is 0.00591 e. The molecule has 55 aliphatic rings. The van der Waals surface area contributed by atoms with Crippen molar-refractivity contribution in [1.82, 2.24) is 0 Å². The highest BCUT2D eigenvalue weighted by Crippen LogP contribution is 3.46. The molecule has 0 aromatic carbocycles. The fourth-order valence-corrected chi connectivity index (χ4v) is 83.7. The average Bonchev–Trinajstić information content (AvgIpc) is 0.707. The minimum Gasteiger partial charge on any atom is -0.0467 e. The molecular formula is C92H76. The molecule has 55 aliphatic carbocycles. The highest BCUT2D eigenvalue weighted by molar-refractivity contribution is 5.89. The predicted octanol–water partition coefficient (Wildman–Crippen LogP) is 10.5. The minimum absolute atomic E-state index is 0.958. The van der Waals surface area contributed by atoms with Gasteiger partial charge in [-0.1, -0.05) is 0 Å². The Hall–Kier alpha value is 0. The molecule has 92 heavy (non-hydrogen) atoms. The summed E-state index contributed by atoms with van der Waals surface area (Å²) in [5.41, 5.74) is 24.6. The molecule has 0 amide bonds. The van der Waals surface area contributed by atoms with E-state index in [0.29, 0.717) is 0 Å². The van der Waals surface area contributed by atoms with Crippen molar-refractivity contribution in [2.75, 3.05) is 0 Å². The standard InChI is InChI=1S/C92H76/c1-9-2-15-42-41-18-7-21-44-40-16-5-17-43-54-61-59-58-56-53-39-14-4-13-24-10-3-11-23(10)26-25(11)27-28(26)30-29(27)31-32(30)48-33(31)49-35-50-34-37-12(1)38-52-36(9)77(15)85(52)66-47-22-8-69-65-45-19-6-20-46-67-88(54,80(43,46)75(17,20)74(16,19)79(40,45)87(44,65)91(21,69)76(18,22)81(41,47)86(42,66)77)92(61)89(59)68(90(67,92)72(48,49)64(35)73(50,69)63(34)71(37,38)85)62-60-57-55-51(24)70(13,14)78(39,55)82(53,57)83(56,60)84(58,62)89/h9-68H,1-8H2/t9?,10?,11-,12?,13?,14?,15?,16?,17?,18?,19?,20?,21?,22?,23?,24?,25?,26?,27?,28?,29?,30?,31?,32?,33?,34?,35?,36?,37?,38?,39?,40?,41?,42?,43?,44?,45?,46?,47?,48?,49?,50?,51?,52?,53?,54?,55?,56?,57?,58?,59?,60?,61?,62?,63?,64?,65?,66?,67?,68?,69?,70?,71?,72?,73?,74?,75?,76?,77?,78?,79?,80?,81?,82?,83?,84?,85?,86?,87?,88?,89?,90?,91?,92?/m1/s1. The minimum atomic E-state index is 0.958. The van der Waals surface area contributed by atoms with Gasteiger partial charge in [-0.2, -0.15) is 0 Å². The molecule has 83 unspecified atom stereocenters. The Morgan fingerprint density at radius 2 is 0.685 bits per heavy atom. The van der Waals surface area contributed by atoms with E-state index in [1.807, 2.05) is 44.9 Å². The lowest BCUT2D eigenvalue weighted by molar-refractivity contribution is -0.940. The van der Waals surface area contributed by atoms with E-state index in [1.165, 1.54) is 355 Å². The van der Waals surface area contributed by atoms with Crippen molar-refractivity contribution >= 4 is 0 Å². The lowest BCUT2D eigenvalue weighted by Gasteiger charge is -3.39. The first-order valence-corrected chi connectivity index (χ1v) is 45.7. The molecule has 0 radical (unpaired) electrons. The van der Waals surface area contributed by atoms with Gasteiger partial charge in [-0.3, -0.25) is 0 Å². The Bertz CT molecular complexity index is 5560. The summed E-state index contributed by atoms with van der Waals surface area (Å²) < 4.78 is 0. The van der Waals surface area contributed by atoms with Crippen LogP contribution in [0.1, 0.15) is 51.4 Å². The van der Waals surface area contributed by atoms with Crippen LogP contribution in [0.2, 0.25) is 0 Å². The van der Waals surface area contributed by atoms with Gasteiger partial charge in [0.2, 0.25) is 0 Å². The molecule has 0 aromatic rings. The zero-order valence-corrected chi connectivity index (χ0v) is 52.3. The summed E-state index contributed by atoms with van der Waals surface area (Å²) in [4.78, 5) is 0. The van der Waals surface area contributed by atoms with Gasteiger partial charge in [0.15, 0.2) is 0 Å². The first kappa shape index (κ1) is 35.7. The highest BCUT2D eigenvalue weighted by atomic mass is 15.5. The summed E-state index contributed by atoms with van der Waals surface area (Å²) >= 11 is 0. The molecule has 0 nitrogen and oxygen atoms in total. The second kappa shape index (κ2) is 6.69. The fraction of sp³-hybridized carbons (Fsp3) is 1.00. The van der Waals surface area contributed by atoms with Crippen molar-refractivity contribution in [3.05, 3.63) is 0 Å². The van der Waals surface area contributed by atoms with Gasteiger partial charge in [-0.15, -0.1) is 0 Å². The van der Waals surface area contributed by atoms with E-state index < -0.39 is 0 Å². The molecule has 0 aromatic heterocycles. The Balaban J connectivity index is 0.594. The molecule has 444 valence electrons. The van der Waals surface area contributed by atoms with Gasteiger partial charge >= 0.3 is 0 Å². The van der Waals surface area contributed by atoms with Gasteiger partial charge < -0.3 is 0 Å². The SMILES string of the molecule is C1C2CC3C4C5C6CC7C8C9C%10CC%11C%12C%13C%14C%15C%16C%17C%18C%19C%20CC%21C%22C%23C[C@@H]%24C%23C%23C%25C%26C(C%27C%26C%26C%27C%27C%28C%29C%30C%31C1C1C%32C2C32C%323C%32C%33C%34CC%35%36C%37C%38C%39CC%40C%41C%42C%43(C%44C%45C%46C%47C%48C%22C%21%20C%19%48C%18%47C%17%46C%16%45C%15%44C%14%43C%13%42C%12%41C%11%40C%10%39C9%38C8%37C7%35C6%34C5%33C4%322)C%26%27C%28C%29%36C%30C%3113)C%25C%23%24. The van der Waals surface area contributed by atoms with Crippen LogP contribution in [0.25, 0.3) is 0 Å². The maximum absolute atomic E-state index is 2.08. The van der Waals surface area contributed by atoms with E-state index in [4.69, 9.17) is 0 Å². The topological polar surface area (TPSA) is 0 Å². The van der Waals surface area contributed by atoms with Gasteiger partial charge in [0.05, 0.1) is 0 Å². The molecule has 55 rings (SSSR count). The van der Waals surface area contributed by atoms with Crippen molar-refractivity contribution in [1.29, 1.82) is 0 Å². The summed E-state index contributed by atoms with van der Waals surface area (Å²) in [6.07, 6.45) is 15.4. The molecule has 84 atom stereocenters. The first-order valence-electron chi connectivity index (χ1n) is 45.7. The van der Waals surface area contributed by atoms with E-state index in [1.54, 1.807) is 0 Å². The molecule has 23 spiro atoms. The van der Waals surface area contributed by atoms with E-state index >= 15 is 0 Å². The second-order valence-corrected chi connectivity index (χ2v) is 56.3. The van der Waals surface area contributed by atoms with Crippen LogP contribution in [0.4, 0.5) is 0 Å². The summed E-state index contributed by atoms with van der Waals surface area (Å²) in [5.74, 6) is 82.0. The van der Waals surface area contributed by atoms with Crippen LogP contribution in [0, 0.1) is 485 Å². The van der Waals surface area contributed by atoms with Gasteiger partial charge in [-0.25, -0.2) is 0 Å². The quantitative estimate of drug-likeness (QED) is 0.227. The highest BCUT2D eigenvalue weighted by Gasteiger charge is 3.43. The molecular weight excluding hydrogens is 1110 g/mol. The van der Waals surface area contributed by atoms with Crippen LogP contribution in [-0.2, 0) is 0 Å². The van der Waals surface area contributed by atoms with Crippen molar-refractivity contribution < 1.29 is 0 Å². The lowest BCUT2D eigenvalue weighted by Crippen LogP contribution is -3.37. The summed E-state index contributed by atoms with van der Waals surface area (Å²) in [5, 5.41) is 0. The molecule has 9 bridgehead atoms. The molecule has 0 aliphatic heterocycles. The van der Waals surface area contributed by atoms with Gasteiger partial charge in [0.25, 0.3) is 0 Å². The summed E-state index contributed by atoms with van der Waals surface area (Å²) in [7, 11) is 0. The molecule has 0 N–H and O–H groups in total. The van der Waals surface area contributed by atoms with Crippen LogP contribution >= 0.6 is 0 Å². The van der Waals surface area contributed by atoms with Gasteiger partial charge in [0.1, 0.15) is 0 Å². The maximum atomic E-state index is 2.08. The predicted molar refractivity (Wildman–Crippen MR) is 305 cm³/mol. The van der Waals surface area contributed by atoms with Crippen molar-refractivity contribution in [3.8, 4) is 0 Å². The van der Waals surface area contributed by atoms with E-state index in [0.717, 1.165) is 130 Å². The Morgan fingerprint density at radius 1 is 0.163 bits per heavy atom. The van der Waals surface area contributed by atoms with Crippen molar-refractivity contribution in [3.63, 3.8) is 0 Å². The van der Waals surface area contributed by atoms with Crippen molar-refractivity contribution in [2.45, 2.75) is 51.4 Å². The van der Waals surface area contributed by atoms with Crippen LogP contribution in [0.3, 0.4) is 0 Å². The van der Waals surface area contributed by atoms with Crippen molar-refractivity contribution in [2.24, 2.45) is 485 Å². The molecule has 0 saturated heterocycles. The number of hydrogen-bond acceptors (Lipinski definition) is 0. The van der Waals surface area contributed by atoms with E-state index in [9.17, 15) is 0 Å². The average molecular weight is 1180 g/mol. The molecule has 0 heteroatoms. The van der Waals surface area contributed by atoms with Crippen LogP contribution in [0.5, 0.6) is 0 Å². The Kier molecular flexibility index (Phi) is 2.60. The molecule has 55 saturated carbocycles. The molecule has 55 fully saturated rings. The third-order valence-electron chi connectivity index (χ3n) is 70.7. The Labute approximate surface area is 533 Å². The number of rotatable bonds is 0. The van der Waals surface area contributed by atoms with E-state index in [-0.39, 0.29) is 0 Å². The first-order chi connectivity index (χ1) is 45.7. The normalized spacial score (nSPS) is 123. The Morgan fingerprint density at radius 3 is 1.57 bits per heavy atom.